The maximum atomic E-state index is 11.9. The first-order chi connectivity index (χ1) is 21.5. The van der Waals surface area contributed by atoms with Gasteiger partial charge in [-0.1, -0.05) is 53.9 Å². The van der Waals surface area contributed by atoms with Crippen LogP contribution in [0.1, 0.15) is 60.3 Å². The number of ether oxygens (including phenoxy) is 3. The summed E-state index contributed by atoms with van der Waals surface area (Å²) in [5.41, 5.74) is 0. The van der Waals surface area contributed by atoms with Crippen molar-refractivity contribution in [2.45, 2.75) is 115 Å². The molecule has 0 bridgehead atoms. The molecular weight excluding hydrogens is 632 g/mol. The van der Waals surface area contributed by atoms with Crippen LogP contribution in [0.3, 0.4) is 0 Å². The number of aliphatic hydroxyl groups is 8. The molecule has 0 aromatic carbocycles. The standard InChI is InChI=1S/C14H27NO7.C9H19NO5.2C2H6.CN.CH4O.B.Na/c1-3-4-5-6-8(16)13(19)15-10-12(18)11(17)9(7-21-2)22-14(10)20;1-10-3-6(4-11)8(13)9(14)7(12)5-15-2;4*1-2;;/h8-12,14,16-18,20H,3-7H2,1-2H3,(H,15,19);4,6-10,12-14H,3,5H2,1-2H3;2*1-2H3;;2H,1H3;;/q;;;;-1;;;+1/t8?,9?,10?,11-,12-,14-;;;;;;;/m1......./s1. The molecule has 7 unspecified atom stereocenters. The predicted octanol–water partition coefficient (Wildman–Crippen LogP) is -5.37. The first-order valence-corrected chi connectivity index (χ1v) is 15.0. The smallest absolute Gasteiger partial charge is 0.512 e. The van der Waals surface area contributed by atoms with Gasteiger partial charge in [0.2, 0.25) is 5.91 Å². The molecular formula is C29H62BN3NaO13. The number of nitrogens with one attached hydrogen (secondary N) is 2. The molecule has 47 heavy (non-hydrogen) atoms. The SMILES string of the molecule is CC.CC.CCCCCC(O)C(=O)NC1[C@H](O)OC(COC)[C@@H](O)[C@@H]1O.CNCC(C=O)C(O)C(O)C(O)COC.CO.[B].[C-]#N.[Na+]. The zero-order valence-corrected chi connectivity index (χ0v) is 31.9. The summed E-state index contributed by atoms with van der Waals surface area (Å²) in [6.45, 7) is 14.9. The third-order valence-corrected chi connectivity index (χ3v) is 5.88. The van der Waals surface area contributed by atoms with E-state index in [1.807, 2.05) is 34.6 Å². The third-order valence-electron chi connectivity index (χ3n) is 5.88. The van der Waals surface area contributed by atoms with Crippen LogP contribution in [0.5, 0.6) is 0 Å². The molecule has 0 spiro atoms. The van der Waals surface area contributed by atoms with E-state index in [2.05, 4.69) is 15.4 Å². The largest absolute Gasteiger partial charge is 1.00 e. The van der Waals surface area contributed by atoms with Crippen molar-refractivity contribution in [1.29, 1.82) is 5.26 Å². The van der Waals surface area contributed by atoms with Gasteiger partial charge in [0.15, 0.2) is 6.29 Å². The van der Waals surface area contributed by atoms with Crippen LogP contribution in [0.4, 0.5) is 0 Å². The van der Waals surface area contributed by atoms with Crippen molar-refractivity contribution in [3.05, 3.63) is 6.57 Å². The van der Waals surface area contributed by atoms with Crippen LogP contribution in [-0.2, 0) is 23.8 Å². The third kappa shape index (κ3) is 27.7. The van der Waals surface area contributed by atoms with Gasteiger partial charge >= 0.3 is 29.6 Å². The van der Waals surface area contributed by atoms with Crippen LogP contribution in [0.15, 0.2) is 0 Å². The zero-order valence-electron chi connectivity index (χ0n) is 29.9. The van der Waals surface area contributed by atoms with Crippen molar-refractivity contribution >= 4 is 20.6 Å². The molecule has 16 nitrogen and oxygen atoms in total. The average Bonchev–Trinajstić information content (AvgIpc) is 3.07. The van der Waals surface area contributed by atoms with E-state index in [9.17, 15) is 45.3 Å². The van der Waals surface area contributed by atoms with E-state index in [-0.39, 0.29) is 57.7 Å². The van der Waals surface area contributed by atoms with Crippen molar-refractivity contribution in [2.24, 2.45) is 5.92 Å². The number of nitrogens with zero attached hydrogens (tertiary/aromatic N) is 1. The second-order valence-corrected chi connectivity index (χ2v) is 8.91. The van der Waals surface area contributed by atoms with Crippen LogP contribution < -0.4 is 40.2 Å². The van der Waals surface area contributed by atoms with E-state index in [1.165, 1.54) is 14.2 Å². The topological polar surface area (TPSA) is 272 Å². The van der Waals surface area contributed by atoms with E-state index >= 15 is 0 Å². The fourth-order valence-corrected chi connectivity index (χ4v) is 3.62. The Hall–Kier alpha value is -0.785. The van der Waals surface area contributed by atoms with Crippen molar-refractivity contribution in [1.82, 2.24) is 10.6 Å². The van der Waals surface area contributed by atoms with Crippen LogP contribution in [0, 0.1) is 17.8 Å². The number of aldehydes is 1. The average molecular weight is 695 g/mol. The second kappa shape index (κ2) is 43.2. The first kappa shape index (κ1) is 61.4. The quantitative estimate of drug-likeness (QED) is 0.0313. The Bertz CT molecular complexity index is 678. The summed E-state index contributed by atoms with van der Waals surface area (Å²) >= 11 is 0. The molecule has 1 heterocycles. The molecule has 1 rings (SSSR count). The number of carbonyl (C=O) groups excluding carboxylic acids is 2. The Morgan fingerprint density at radius 3 is 1.87 bits per heavy atom. The van der Waals surface area contributed by atoms with E-state index in [4.69, 9.17) is 26.4 Å². The van der Waals surface area contributed by atoms with Gasteiger partial charge in [-0.3, -0.25) is 4.79 Å². The second-order valence-electron chi connectivity index (χ2n) is 8.91. The summed E-state index contributed by atoms with van der Waals surface area (Å²) in [5.74, 6) is -1.46. The van der Waals surface area contributed by atoms with E-state index in [1.54, 1.807) is 7.05 Å². The Labute approximate surface area is 305 Å². The molecule has 1 aliphatic rings. The van der Waals surface area contributed by atoms with E-state index in [0.29, 0.717) is 19.1 Å². The summed E-state index contributed by atoms with van der Waals surface area (Å²) in [6.07, 6.45) is -6.83. The molecule has 0 aromatic heterocycles. The predicted molar refractivity (Wildman–Crippen MR) is 172 cm³/mol. The number of hydrogen-bond acceptors (Lipinski definition) is 15. The maximum Gasteiger partial charge on any atom is 1.00 e. The van der Waals surface area contributed by atoms with E-state index < -0.39 is 66.9 Å². The molecule has 18 heteroatoms. The minimum Gasteiger partial charge on any atom is -0.512 e. The van der Waals surface area contributed by atoms with Gasteiger partial charge < -0.3 is 82.3 Å². The Kier molecular flexibility index (Phi) is 56.5. The summed E-state index contributed by atoms with van der Waals surface area (Å²) < 4.78 is 14.6. The van der Waals surface area contributed by atoms with Crippen LogP contribution in [0.25, 0.3) is 0 Å². The minimum absolute atomic E-state index is 0. The molecule has 0 aliphatic carbocycles. The number of unbranched alkanes of at least 4 members (excludes halogenated alkanes) is 2. The van der Waals surface area contributed by atoms with Gasteiger partial charge in [0, 0.05) is 36.3 Å². The van der Waals surface area contributed by atoms with Gasteiger partial charge in [-0.2, -0.15) is 0 Å². The van der Waals surface area contributed by atoms with Crippen LogP contribution in [0.2, 0.25) is 0 Å². The fraction of sp³-hybridized carbons (Fsp3) is 0.897. The number of carbonyl (C=O) groups is 2. The van der Waals surface area contributed by atoms with Gasteiger partial charge in [0.25, 0.3) is 0 Å². The molecule has 10 atom stereocenters. The summed E-state index contributed by atoms with van der Waals surface area (Å²) in [7, 11) is 5.39. The molecule has 275 valence electrons. The molecule has 0 aromatic rings. The van der Waals surface area contributed by atoms with Gasteiger partial charge in [-0.05, 0) is 13.5 Å². The van der Waals surface area contributed by atoms with Gasteiger partial charge in [-0.15, -0.1) is 0 Å². The fourth-order valence-electron chi connectivity index (χ4n) is 3.62. The van der Waals surface area contributed by atoms with Crippen molar-refractivity contribution in [3.8, 4) is 0 Å². The number of amides is 1. The number of methoxy groups -OCH3 is 2. The summed E-state index contributed by atoms with van der Waals surface area (Å²) in [5, 5.41) is 86.2. The van der Waals surface area contributed by atoms with Gasteiger partial charge in [-0.25, -0.2) is 0 Å². The number of aliphatic hydroxyl groups excluding tert-OH is 8. The van der Waals surface area contributed by atoms with Gasteiger partial charge in [0.1, 0.15) is 49.0 Å². The summed E-state index contributed by atoms with van der Waals surface area (Å²) in [4.78, 5) is 22.5. The first-order valence-electron chi connectivity index (χ1n) is 15.0. The molecule has 1 aliphatic heterocycles. The van der Waals surface area contributed by atoms with Crippen molar-refractivity contribution < 1.29 is 94.2 Å². The molecule has 10 N–H and O–H groups in total. The normalized spacial score (nSPS) is 22.2. The molecule has 0 saturated carbocycles. The Balaban J connectivity index is -0.000000113. The maximum absolute atomic E-state index is 11.9. The van der Waals surface area contributed by atoms with Crippen LogP contribution >= 0.6 is 0 Å². The summed E-state index contributed by atoms with van der Waals surface area (Å²) in [6, 6.07) is -1.21. The molecule has 3 radical (unpaired) electrons. The van der Waals surface area contributed by atoms with Crippen molar-refractivity contribution in [3.63, 3.8) is 0 Å². The van der Waals surface area contributed by atoms with Gasteiger partial charge in [0.05, 0.1) is 25.2 Å². The minimum atomic E-state index is -1.50. The molecule has 1 amide bonds. The number of hydrogen-bond donors (Lipinski definition) is 10. The van der Waals surface area contributed by atoms with Crippen LogP contribution in [-0.4, -0.2) is 165 Å². The van der Waals surface area contributed by atoms with Crippen molar-refractivity contribution in [2.75, 3.05) is 48.1 Å². The molecule has 1 fully saturated rings. The Morgan fingerprint density at radius 2 is 1.47 bits per heavy atom. The zero-order chi connectivity index (χ0) is 36.5. The Morgan fingerprint density at radius 1 is 0.957 bits per heavy atom. The van der Waals surface area contributed by atoms with E-state index in [0.717, 1.165) is 20.0 Å². The molecule has 1 saturated heterocycles. The number of rotatable bonds is 16. The monoisotopic (exact) mass is 694 g/mol.